The van der Waals surface area contributed by atoms with Gasteiger partial charge in [0.25, 0.3) is 0 Å². The normalized spacial score (nSPS) is 10.9. The Hall–Kier alpha value is -2.32. The fraction of sp³-hybridized carbons (Fsp3) is 0.235. The molecule has 0 spiro atoms. The predicted molar refractivity (Wildman–Crippen MR) is 97.3 cm³/mol. The van der Waals surface area contributed by atoms with Crippen LogP contribution in [0.5, 0.6) is 0 Å². The number of halogens is 2. The number of carbonyl (C=O) groups excluding carboxylic acids is 1. The first-order valence-corrected chi connectivity index (χ1v) is 9.06. The Labute approximate surface area is 159 Å². The summed E-state index contributed by atoms with van der Waals surface area (Å²) in [6, 6.07) is 8.01. The van der Waals surface area contributed by atoms with Crippen molar-refractivity contribution in [2.75, 3.05) is 12.8 Å². The highest BCUT2D eigenvalue weighted by molar-refractivity contribution is 7.99. The number of thioether (sulfide) groups is 1. The number of benzene rings is 1. The SMILES string of the molecule is CN(Cc1c(F)cccc1Cl)C(=O)CSc1nnc(-c2ccco2)n1C. The quantitative estimate of drug-likeness (QED) is 0.597. The van der Waals surface area contributed by atoms with Crippen molar-refractivity contribution in [3.63, 3.8) is 0 Å². The predicted octanol–water partition coefficient (Wildman–Crippen LogP) is 3.62. The number of aromatic nitrogens is 3. The average Bonchev–Trinajstić information content (AvgIpc) is 3.25. The summed E-state index contributed by atoms with van der Waals surface area (Å²) < 4.78 is 20.9. The summed E-state index contributed by atoms with van der Waals surface area (Å²) in [5.41, 5.74) is 0.300. The van der Waals surface area contributed by atoms with Gasteiger partial charge in [0.1, 0.15) is 5.82 Å². The summed E-state index contributed by atoms with van der Waals surface area (Å²) in [5.74, 6) is 0.728. The molecule has 0 atom stereocenters. The van der Waals surface area contributed by atoms with E-state index in [4.69, 9.17) is 16.0 Å². The zero-order valence-corrected chi connectivity index (χ0v) is 15.7. The molecule has 0 saturated heterocycles. The van der Waals surface area contributed by atoms with Crippen molar-refractivity contribution in [3.05, 3.63) is 53.0 Å². The third-order valence-electron chi connectivity index (χ3n) is 3.78. The van der Waals surface area contributed by atoms with Crippen LogP contribution in [-0.4, -0.2) is 38.4 Å². The number of furan rings is 1. The molecular formula is C17H16ClFN4O2S. The van der Waals surface area contributed by atoms with Crippen molar-refractivity contribution in [3.8, 4) is 11.6 Å². The van der Waals surface area contributed by atoms with Gasteiger partial charge in [0, 0.05) is 31.2 Å². The largest absolute Gasteiger partial charge is 0.461 e. The molecule has 0 fully saturated rings. The minimum absolute atomic E-state index is 0.0986. The molecule has 2 aromatic heterocycles. The molecule has 0 saturated carbocycles. The van der Waals surface area contributed by atoms with Crippen molar-refractivity contribution < 1.29 is 13.6 Å². The van der Waals surface area contributed by atoms with Crippen molar-refractivity contribution in [1.82, 2.24) is 19.7 Å². The molecule has 0 aliphatic rings. The second kappa shape index (κ2) is 7.92. The lowest BCUT2D eigenvalue weighted by Crippen LogP contribution is -2.28. The molecule has 2 heterocycles. The third kappa shape index (κ3) is 3.91. The molecule has 0 aliphatic heterocycles. The van der Waals surface area contributed by atoms with Gasteiger partial charge in [-0.15, -0.1) is 10.2 Å². The minimum atomic E-state index is -0.429. The second-order valence-corrected chi connectivity index (χ2v) is 6.93. The highest BCUT2D eigenvalue weighted by Crippen LogP contribution is 2.24. The molecule has 26 heavy (non-hydrogen) atoms. The number of carbonyl (C=O) groups is 1. The third-order valence-corrected chi connectivity index (χ3v) is 5.14. The van der Waals surface area contributed by atoms with Gasteiger partial charge in [-0.25, -0.2) is 4.39 Å². The minimum Gasteiger partial charge on any atom is -0.461 e. The first-order valence-electron chi connectivity index (χ1n) is 7.70. The van der Waals surface area contributed by atoms with Crippen molar-refractivity contribution >= 4 is 29.3 Å². The zero-order chi connectivity index (χ0) is 18.7. The first-order chi connectivity index (χ1) is 12.5. The highest BCUT2D eigenvalue weighted by Gasteiger charge is 2.17. The maximum Gasteiger partial charge on any atom is 0.233 e. The van der Waals surface area contributed by atoms with Crippen LogP contribution in [0.3, 0.4) is 0 Å². The van der Waals surface area contributed by atoms with E-state index >= 15 is 0 Å². The smallest absolute Gasteiger partial charge is 0.233 e. The fourth-order valence-electron chi connectivity index (χ4n) is 2.31. The summed E-state index contributed by atoms with van der Waals surface area (Å²) in [6.07, 6.45) is 1.56. The van der Waals surface area contributed by atoms with E-state index in [1.54, 1.807) is 43.1 Å². The van der Waals surface area contributed by atoms with E-state index in [2.05, 4.69) is 10.2 Å². The Morgan fingerprint density at radius 2 is 2.15 bits per heavy atom. The number of hydrogen-bond donors (Lipinski definition) is 0. The van der Waals surface area contributed by atoms with Crippen LogP contribution < -0.4 is 0 Å². The molecule has 0 N–H and O–H groups in total. The van der Waals surface area contributed by atoms with Crippen LogP contribution in [0.1, 0.15) is 5.56 Å². The molecule has 0 unspecified atom stereocenters. The van der Waals surface area contributed by atoms with Gasteiger partial charge in [-0.3, -0.25) is 4.79 Å². The zero-order valence-electron chi connectivity index (χ0n) is 14.1. The lowest BCUT2D eigenvalue weighted by atomic mass is 10.2. The van der Waals surface area contributed by atoms with Crippen molar-refractivity contribution in [1.29, 1.82) is 0 Å². The van der Waals surface area contributed by atoms with Gasteiger partial charge < -0.3 is 13.9 Å². The summed E-state index contributed by atoms with van der Waals surface area (Å²) in [4.78, 5) is 13.8. The summed E-state index contributed by atoms with van der Waals surface area (Å²) in [6.45, 7) is 0.0986. The maximum absolute atomic E-state index is 13.9. The molecule has 136 valence electrons. The van der Waals surface area contributed by atoms with Crippen molar-refractivity contribution in [2.45, 2.75) is 11.7 Å². The standard InChI is InChI=1S/C17H16ClFN4O2S/c1-22(9-11-12(18)5-3-6-13(11)19)15(24)10-26-17-21-20-16(23(17)2)14-7-4-8-25-14/h3-8H,9-10H2,1-2H3. The first kappa shape index (κ1) is 18.5. The fourth-order valence-corrected chi connectivity index (χ4v) is 3.38. The van der Waals surface area contributed by atoms with Crippen LogP contribution in [-0.2, 0) is 18.4 Å². The number of hydrogen-bond acceptors (Lipinski definition) is 5. The Morgan fingerprint density at radius 1 is 1.35 bits per heavy atom. The molecule has 0 bridgehead atoms. The Balaban J connectivity index is 1.62. The molecule has 3 aromatic rings. The van der Waals surface area contributed by atoms with Gasteiger partial charge in [0.05, 0.1) is 12.0 Å². The topological polar surface area (TPSA) is 64.2 Å². The molecular weight excluding hydrogens is 379 g/mol. The van der Waals surface area contributed by atoms with E-state index in [1.165, 1.54) is 28.8 Å². The van der Waals surface area contributed by atoms with E-state index in [-0.39, 0.29) is 18.2 Å². The Morgan fingerprint density at radius 3 is 2.85 bits per heavy atom. The molecule has 0 radical (unpaired) electrons. The van der Waals surface area contributed by atoms with Gasteiger partial charge in [-0.1, -0.05) is 29.4 Å². The van der Waals surface area contributed by atoms with Crippen molar-refractivity contribution in [2.24, 2.45) is 7.05 Å². The number of amides is 1. The van der Waals surface area contributed by atoms with Crippen LogP contribution in [0, 0.1) is 5.82 Å². The molecule has 0 aliphatic carbocycles. The van der Waals surface area contributed by atoms with E-state index < -0.39 is 5.82 Å². The second-order valence-electron chi connectivity index (χ2n) is 5.58. The van der Waals surface area contributed by atoms with Crippen LogP contribution in [0.25, 0.3) is 11.6 Å². The molecule has 3 rings (SSSR count). The Bertz CT molecular complexity index is 893. The van der Waals surface area contributed by atoms with E-state index in [0.717, 1.165) is 0 Å². The monoisotopic (exact) mass is 394 g/mol. The summed E-state index contributed by atoms with van der Waals surface area (Å²) in [5, 5.41) is 9.04. The van der Waals surface area contributed by atoms with Crippen LogP contribution >= 0.6 is 23.4 Å². The van der Waals surface area contributed by atoms with Gasteiger partial charge >= 0.3 is 0 Å². The van der Waals surface area contributed by atoms with E-state index in [0.29, 0.717) is 27.3 Å². The van der Waals surface area contributed by atoms with Gasteiger partial charge in [-0.2, -0.15) is 0 Å². The number of rotatable bonds is 6. The molecule has 1 aromatic carbocycles. The van der Waals surface area contributed by atoms with E-state index in [1.807, 2.05) is 0 Å². The summed E-state index contributed by atoms with van der Waals surface area (Å²) in [7, 11) is 3.41. The van der Waals surface area contributed by atoms with Gasteiger partial charge in [0.2, 0.25) is 5.91 Å². The maximum atomic E-state index is 13.9. The molecule has 9 heteroatoms. The number of nitrogens with zero attached hydrogens (tertiary/aromatic N) is 4. The average molecular weight is 395 g/mol. The molecule has 6 nitrogen and oxygen atoms in total. The van der Waals surface area contributed by atoms with Crippen LogP contribution in [0.4, 0.5) is 4.39 Å². The highest BCUT2D eigenvalue weighted by atomic mass is 35.5. The lowest BCUT2D eigenvalue weighted by Gasteiger charge is -2.18. The molecule has 1 amide bonds. The van der Waals surface area contributed by atoms with Gasteiger partial charge in [-0.05, 0) is 24.3 Å². The lowest BCUT2D eigenvalue weighted by molar-refractivity contribution is -0.127. The van der Waals surface area contributed by atoms with Gasteiger partial charge in [0.15, 0.2) is 16.7 Å². The van der Waals surface area contributed by atoms with E-state index in [9.17, 15) is 9.18 Å². The Kier molecular flexibility index (Phi) is 5.63. The summed E-state index contributed by atoms with van der Waals surface area (Å²) >= 11 is 7.26. The van der Waals surface area contributed by atoms with Crippen LogP contribution in [0.2, 0.25) is 5.02 Å². The van der Waals surface area contributed by atoms with Crippen LogP contribution in [0.15, 0.2) is 46.2 Å².